The summed E-state index contributed by atoms with van der Waals surface area (Å²) in [4.78, 5) is 33.2. The van der Waals surface area contributed by atoms with Crippen LogP contribution in [0.5, 0.6) is 0 Å². The maximum atomic E-state index is 12.5. The number of carbonyl (C=O) groups is 2. The molecule has 0 radical (unpaired) electrons. The highest BCUT2D eigenvalue weighted by Gasteiger charge is 2.11. The number of aryl methyl sites for hydroxylation is 1. The Morgan fingerprint density at radius 3 is 1.92 bits per heavy atom. The fourth-order valence-corrected chi connectivity index (χ4v) is 3.86. The fraction of sp³-hybridized carbons (Fsp3) is 0.308. The zero-order valence-electron chi connectivity index (χ0n) is 21.1. The molecule has 0 aliphatic carbocycles. The van der Waals surface area contributed by atoms with Crippen molar-refractivity contribution in [3.8, 4) is 11.4 Å². The van der Waals surface area contributed by atoms with Gasteiger partial charge in [-0.15, -0.1) is 0 Å². The second-order valence-electron chi connectivity index (χ2n) is 8.14. The van der Waals surface area contributed by atoms with E-state index in [1.54, 1.807) is 24.5 Å². The van der Waals surface area contributed by atoms with E-state index >= 15 is 0 Å². The predicted octanol–water partition coefficient (Wildman–Crippen LogP) is 1.55. The van der Waals surface area contributed by atoms with Gasteiger partial charge in [0.1, 0.15) is 0 Å². The van der Waals surface area contributed by atoms with Crippen molar-refractivity contribution < 1.29 is 27.5 Å². The molecule has 3 rings (SSSR count). The molecule has 4 N–H and O–H groups in total. The van der Waals surface area contributed by atoms with E-state index in [1.807, 2.05) is 12.1 Å². The highest BCUT2D eigenvalue weighted by Crippen LogP contribution is 2.17. The number of hydrogen-bond acceptors (Lipinski definition) is 8. The molecule has 2 aromatic heterocycles. The van der Waals surface area contributed by atoms with E-state index < -0.39 is 10.0 Å². The summed E-state index contributed by atoms with van der Waals surface area (Å²) in [5, 5.41) is 10.5. The van der Waals surface area contributed by atoms with Gasteiger partial charge in [0.05, 0.1) is 42.7 Å². The van der Waals surface area contributed by atoms with Crippen LogP contribution in [0.3, 0.4) is 0 Å². The van der Waals surface area contributed by atoms with Crippen LogP contribution in [0.1, 0.15) is 33.2 Å². The Morgan fingerprint density at radius 1 is 0.789 bits per heavy atom. The van der Waals surface area contributed by atoms with Crippen molar-refractivity contribution in [2.75, 3.05) is 39.5 Å². The number of nitrogens with two attached hydrogens (primary N) is 1. The highest BCUT2D eigenvalue weighted by atomic mass is 32.2. The Bertz CT molecular complexity index is 1330. The summed E-state index contributed by atoms with van der Waals surface area (Å²) in [6.07, 6.45) is 4.21. The molecular weight excluding hydrogens is 510 g/mol. The van der Waals surface area contributed by atoms with Crippen LogP contribution in [0.4, 0.5) is 0 Å². The fourth-order valence-electron chi connectivity index (χ4n) is 3.34. The Hall–Kier alpha value is -3.71. The van der Waals surface area contributed by atoms with Crippen LogP contribution in [0, 0.1) is 0 Å². The van der Waals surface area contributed by atoms with E-state index in [2.05, 4.69) is 27.5 Å². The third kappa shape index (κ3) is 8.99. The first-order valence-corrected chi connectivity index (χ1v) is 13.6. The molecule has 3 aromatic rings. The average Bonchev–Trinajstić information content (AvgIpc) is 2.93. The monoisotopic (exact) mass is 541 g/mol. The number of hydrogen-bond donors (Lipinski definition) is 3. The minimum absolute atomic E-state index is 0.0606. The van der Waals surface area contributed by atoms with Gasteiger partial charge in [0.25, 0.3) is 11.8 Å². The van der Waals surface area contributed by atoms with Crippen molar-refractivity contribution in [3.63, 3.8) is 0 Å². The summed E-state index contributed by atoms with van der Waals surface area (Å²) in [7, 11) is -3.80. The van der Waals surface area contributed by atoms with Gasteiger partial charge in [0, 0.05) is 36.6 Å². The summed E-state index contributed by atoms with van der Waals surface area (Å²) in [6.45, 7) is 3.93. The number of ether oxygens (including phenoxy) is 2. The number of pyridine rings is 2. The summed E-state index contributed by atoms with van der Waals surface area (Å²) in [5.41, 5.74) is 3.31. The Morgan fingerprint density at radius 2 is 1.34 bits per heavy atom. The van der Waals surface area contributed by atoms with Crippen molar-refractivity contribution in [3.05, 3.63) is 77.6 Å². The molecule has 1 aromatic carbocycles. The molecule has 0 saturated heterocycles. The van der Waals surface area contributed by atoms with Crippen molar-refractivity contribution in [1.82, 2.24) is 20.6 Å². The summed E-state index contributed by atoms with van der Waals surface area (Å²) < 4.78 is 33.4. The van der Waals surface area contributed by atoms with E-state index in [4.69, 9.17) is 14.6 Å². The molecule has 0 unspecified atom stereocenters. The third-order valence-electron chi connectivity index (χ3n) is 5.40. The van der Waals surface area contributed by atoms with Crippen LogP contribution < -0.4 is 15.8 Å². The van der Waals surface area contributed by atoms with Gasteiger partial charge in [-0.2, -0.15) is 0 Å². The predicted molar refractivity (Wildman–Crippen MR) is 141 cm³/mol. The van der Waals surface area contributed by atoms with Crippen LogP contribution in [0.25, 0.3) is 11.4 Å². The topological polar surface area (TPSA) is 163 Å². The Labute approximate surface area is 221 Å². The maximum absolute atomic E-state index is 12.5. The molecule has 0 aliphatic rings. The quantitative estimate of drug-likeness (QED) is 0.259. The van der Waals surface area contributed by atoms with Crippen LogP contribution >= 0.6 is 0 Å². The first-order chi connectivity index (χ1) is 18.3. The molecule has 0 bridgehead atoms. The second kappa shape index (κ2) is 14.3. The van der Waals surface area contributed by atoms with E-state index in [9.17, 15) is 18.0 Å². The molecule has 2 heterocycles. The lowest BCUT2D eigenvalue weighted by atomic mass is 10.1. The van der Waals surface area contributed by atoms with E-state index in [-0.39, 0.29) is 29.9 Å². The largest absolute Gasteiger partial charge is 0.377 e. The summed E-state index contributed by atoms with van der Waals surface area (Å²) in [5.74, 6) is -0.580. The number of benzene rings is 1. The number of carbonyl (C=O) groups excluding carboxylic acids is 2. The Balaban J connectivity index is 1.26. The summed E-state index contributed by atoms with van der Waals surface area (Å²) in [6, 6.07) is 12.6. The third-order valence-corrected chi connectivity index (χ3v) is 6.33. The van der Waals surface area contributed by atoms with Gasteiger partial charge in [-0.25, -0.2) is 13.6 Å². The van der Waals surface area contributed by atoms with E-state index in [1.165, 1.54) is 24.3 Å². The van der Waals surface area contributed by atoms with Gasteiger partial charge >= 0.3 is 0 Å². The molecule has 11 nitrogen and oxygen atoms in total. The first-order valence-electron chi connectivity index (χ1n) is 12.0. The number of sulfonamides is 1. The smallest absolute Gasteiger partial charge is 0.251 e. The van der Waals surface area contributed by atoms with E-state index in [0.29, 0.717) is 43.2 Å². The lowest BCUT2D eigenvalue weighted by Crippen LogP contribution is -2.28. The SMILES string of the molecule is CCc1ccnc(-c2cc(C(=O)NCCOCCOCCNC(=O)c3ccc(S(N)(=O)=O)cc3)ccn2)c1. The van der Waals surface area contributed by atoms with Crippen molar-refractivity contribution in [2.24, 2.45) is 5.14 Å². The van der Waals surface area contributed by atoms with Crippen molar-refractivity contribution in [1.29, 1.82) is 0 Å². The van der Waals surface area contributed by atoms with Crippen LogP contribution in [-0.4, -0.2) is 69.7 Å². The van der Waals surface area contributed by atoms with Gasteiger partial charge in [0.2, 0.25) is 10.0 Å². The number of aromatic nitrogens is 2. The maximum Gasteiger partial charge on any atom is 0.251 e. The van der Waals surface area contributed by atoms with Gasteiger partial charge in [-0.05, 0) is 60.5 Å². The Kier molecular flexibility index (Phi) is 10.8. The minimum Gasteiger partial charge on any atom is -0.377 e. The number of primary sulfonamides is 1. The molecular formula is C26H31N5O6S. The van der Waals surface area contributed by atoms with Crippen LogP contribution in [0.15, 0.2) is 65.8 Å². The van der Waals surface area contributed by atoms with Gasteiger partial charge in [-0.1, -0.05) is 6.92 Å². The second-order valence-corrected chi connectivity index (χ2v) is 9.70. The highest BCUT2D eigenvalue weighted by molar-refractivity contribution is 7.89. The van der Waals surface area contributed by atoms with Crippen molar-refractivity contribution in [2.45, 2.75) is 18.2 Å². The molecule has 0 aliphatic heterocycles. The van der Waals surface area contributed by atoms with Gasteiger partial charge < -0.3 is 20.1 Å². The number of rotatable bonds is 14. The van der Waals surface area contributed by atoms with Gasteiger partial charge in [-0.3, -0.25) is 19.6 Å². The first kappa shape index (κ1) is 28.9. The zero-order valence-corrected chi connectivity index (χ0v) is 21.9. The lowest BCUT2D eigenvalue weighted by Gasteiger charge is -2.09. The lowest BCUT2D eigenvalue weighted by molar-refractivity contribution is 0.0486. The van der Waals surface area contributed by atoms with Crippen LogP contribution in [-0.2, 0) is 25.9 Å². The molecule has 202 valence electrons. The average molecular weight is 542 g/mol. The van der Waals surface area contributed by atoms with E-state index in [0.717, 1.165) is 17.7 Å². The number of amides is 2. The number of nitrogens with one attached hydrogen (secondary N) is 2. The molecule has 12 heteroatoms. The molecule has 38 heavy (non-hydrogen) atoms. The normalized spacial score (nSPS) is 11.2. The van der Waals surface area contributed by atoms with Crippen molar-refractivity contribution >= 4 is 21.8 Å². The zero-order chi connectivity index (χ0) is 27.4. The molecule has 0 atom stereocenters. The van der Waals surface area contributed by atoms with Gasteiger partial charge in [0.15, 0.2) is 0 Å². The van der Waals surface area contributed by atoms with Crippen LogP contribution in [0.2, 0.25) is 0 Å². The molecule has 0 spiro atoms. The molecule has 0 fully saturated rings. The minimum atomic E-state index is -3.80. The summed E-state index contributed by atoms with van der Waals surface area (Å²) >= 11 is 0. The molecule has 0 saturated carbocycles. The number of nitrogens with zero attached hydrogens (tertiary/aromatic N) is 2. The standard InChI is InChI=1S/C26H31N5O6S/c1-2-19-7-9-28-23(17-19)24-18-21(8-10-29-24)26(33)31-12-14-37-16-15-36-13-11-30-25(32)20-3-5-22(6-4-20)38(27,34)35/h3-10,17-18H,2,11-16H2,1H3,(H,30,32)(H,31,33)(H2,27,34,35). The molecule has 2 amide bonds.